The smallest absolute Gasteiger partial charge is 0.150 e. The van der Waals surface area contributed by atoms with E-state index >= 15 is 0 Å². The van der Waals surface area contributed by atoms with Crippen molar-refractivity contribution in [2.45, 2.75) is 13.0 Å². The average Bonchev–Trinajstić information content (AvgIpc) is 2.76. The topological polar surface area (TPSA) is 24.9 Å². The molecule has 2 aromatic rings. The minimum Gasteiger partial charge on any atom is -0.373 e. The molecule has 1 aromatic heterocycles. The van der Waals surface area contributed by atoms with Crippen LogP contribution in [0.15, 0.2) is 23.7 Å². The van der Waals surface area contributed by atoms with E-state index in [-0.39, 0.29) is 16.8 Å². The Kier molecular flexibility index (Phi) is 3.59. The van der Waals surface area contributed by atoms with E-state index in [9.17, 15) is 8.78 Å². The number of anilines is 1. The maximum absolute atomic E-state index is 13.5. The molecule has 2 nitrogen and oxygen atoms in total. The van der Waals surface area contributed by atoms with E-state index in [0.717, 1.165) is 17.1 Å². The number of rotatable bonds is 3. The monoisotopic (exact) mass is 274 g/mol. The van der Waals surface area contributed by atoms with Crippen molar-refractivity contribution in [1.29, 1.82) is 0 Å². The zero-order valence-electron chi connectivity index (χ0n) is 8.88. The van der Waals surface area contributed by atoms with Crippen LogP contribution in [0.25, 0.3) is 0 Å². The first-order valence-corrected chi connectivity index (χ1v) is 6.14. The Bertz CT molecular complexity index is 493. The molecule has 1 heterocycles. The highest BCUT2D eigenvalue weighted by Gasteiger charge is 2.14. The van der Waals surface area contributed by atoms with Crippen molar-refractivity contribution in [2.75, 3.05) is 5.32 Å². The Morgan fingerprint density at radius 2 is 2.18 bits per heavy atom. The van der Waals surface area contributed by atoms with Gasteiger partial charge in [-0.05, 0) is 13.0 Å². The third kappa shape index (κ3) is 2.73. The second kappa shape index (κ2) is 4.98. The summed E-state index contributed by atoms with van der Waals surface area (Å²) in [5.74, 6) is -1.40. The van der Waals surface area contributed by atoms with E-state index in [1.807, 2.05) is 12.3 Å². The Hall–Kier alpha value is -1.20. The molecule has 1 aromatic carbocycles. The second-order valence-electron chi connectivity index (χ2n) is 3.48. The summed E-state index contributed by atoms with van der Waals surface area (Å²) >= 11 is 7.23. The Labute approximate surface area is 106 Å². The number of benzene rings is 1. The van der Waals surface area contributed by atoms with Gasteiger partial charge in [-0.2, -0.15) is 0 Å². The standard InChI is InChI=1S/C11H9ClF2N2S/c1-6(11-15-2-3-17-11)16-10-8(12)4-7(13)5-9(10)14/h2-6,16H,1H3. The van der Waals surface area contributed by atoms with Gasteiger partial charge in [-0.1, -0.05) is 11.6 Å². The van der Waals surface area contributed by atoms with E-state index in [0.29, 0.717) is 0 Å². The highest BCUT2D eigenvalue weighted by atomic mass is 35.5. The fraction of sp³-hybridized carbons (Fsp3) is 0.182. The summed E-state index contributed by atoms with van der Waals surface area (Å²) in [5.41, 5.74) is 0.0933. The van der Waals surface area contributed by atoms with Crippen molar-refractivity contribution in [3.05, 3.63) is 45.4 Å². The first-order chi connectivity index (χ1) is 8.08. The molecule has 0 aliphatic heterocycles. The number of aromatic nitrogens is 1. The van der Waals surface area contributed by atoms with Gasteiger partial charge in [0, 0.05) is 17.6 Å². The molecule has 0 bridgehead atoms. The Morgan fingerprint density at radius 3 is 2.76 bits per heavy atom. The van der Waals surface area contributed by atoms with E-state index in [2.05, 4.69) is 10.3 Å². The van der Waals surface area contributed by atoms with E-state index in [4.69, 9.17) is 11.6 Å². The third-order valence-corrected chi connectivity index (χ3v) is 3.45. The lowest BCUT2D eigenvalue weighted by Gasteiger charge is -2.14. The van der Waals surface area contributed by atoms with E-state index in [1.165, 1.54) is 11.3 Å². The summed E-state index contributed by atoms with van der Waals surface area (Å²) in [6.45, 7) is 1.83. The van der Waals surface area contributed by atoms with Crippen molar-refractivity contribution in [1.82, 2.24) is 4.98 Å². The first-order valence-electron chi connectivity index (χ1n) is 4.88. The molecule has 0 radical (unpaired) electrons. The van der Waals surface area contributed by atoms with Crippen LogP contribution in [-0.2, 0) is 0 Å². The number of thiazole rings is 1. The highest BCUT2D eigenvalue weighted by Crippen LogP contribution is 2.30. The number of hydrogen-bond donors (Lipinski definition) is 1. The molecular weight excluding hydrogens is 266 g/mol. The van der Waals surface area contributed by atoms with E-state index < -0.39 is 11.6 Å². The third-order valence-electron chi connectivity index (χ3n) is 2.19. The maximum Gasteiger partial charge on any atom is 0.150 e. The van der Waals surface area contributed by atoms with Crippen molar-refractivity contribution in [2.24, 2.45) is 0 Å². The van der Waals surface area contributed by atoms with Crippen LogP contribution in [0.1, 0.15) is 18.0 Å². The quantitative estimate of drug-likeness (QED) is 0.905. The molecule has 0 aliphatic carbocycles. The summed E-state index contributed by atoms with van der Waals surface area (Å²) in [6, 6.07) is 1.68. The molecular formula is C11H9ClF2N2S. The minimum atomic E-state index is -0.710. The van der Waals surface area contributed by atoms with Gasteiger partial charge in [0.2, 0.25) is 0 Å². The highest BCUT2D eigenvalue weighted by molar-refractivity contribution is 7.09. The van der Waals surface area contributed by atoms with Crippen LogP contribution in [0.4, 0.5) is 14.5 Å². The van der Waals surface area contributed by atoms with Crippen LogP contribution in [0.5, 0.6) is 0 Å². The lowest BCUT2D eigenvalue weighted by atomic mass is 10.2. The zero-order chi connectivity index (χ0) is 12.4. The SMILES string of the molecule is CC(Nc1c(F)cc(F)cc1Cl)c1nccs1. The number of nitrogens with one attached hydrogen (secondary N) is 1. The molecule has 0 aliphatic rings. The summed E-state index contributed by atoms with van der Waals surface area (Å²) in [6.07, 6.45) is 1.67. The molecule has 1 unspecified atom stereocenters. The Morgan fingerprint density at radius 1 is 1.41 bits per heavy atom. The van der Waals surface area contributed by atoms with Crippen LogP contribution >= 0.6 is 22.9 Å². The molecule has 17 heavy (non-hydrogen) atoms. The normalized spacial score (nSPS) is 12.5. The Balaban J connectivity index is 2.25. The van der Waals surface area contributed by atoms with Crippen molar-refractivity contribution in [3.8, 4) is 0 Å². The summed E-state index contributed by atoms with van der Waals surface area (Å²) in [5, 5.41) is 5.54. The fourth-order valence-electron chi connectivity index (χ4n) is 1.41. The van der Waals surface area contributed by atoms with Gasteiger partial charge in [0.1, 0.15) is 10.8 Å². The van der Waals surface area contributed by atoms with Gasteiger partial charge in [0.05, 0.1) is 16.8 Å². The van der Waals surface area contributed by atoms with Crippen molar-refractivity contribution >= 4 is 28.6 Å². The molecule has 0 fully saturated rings. The average molecular weight is 275 g/mol. The minimum absolute atomic E-state index is 0.0194. The van der Waals surface area contributed by atoms with Gasteiger partial charge in [-0.25, -0.2) is 13.8 Å². The summed E-state index contributed by atoms with van der Waals surface area (Å²) in [7, 11) is 0. The molecule has 1 N–H and O–H groups in total. The predicted octanol–water partition coefficient (Wildman–Crippen LogP) is 4.25. The second-order valence-corrected chi connectivity index (χ2v) is 4.81. The lowest BCUT2D eigenvalue weighted by Crippen LogP contribution is -2.08. The van der Waals surface area contributed by atoms with Gasteiger partial charge in [0.25, 0.3) is 0 Å². The fourth-order valence-corrected chi connectivity index (χ4v) is 2.30. The van der Waals surface area contributed by atoms with Gasteiger partial charge >= 0.3 is 0 Å². The maximum atomic E-state index is 13.5. The van der Waals surface area contributed by atoms with Crippen LogP contribution in [-0.4, -0.2) is 4.98 Å². The first kappa shape index (κ1) is 12.3. The summed E-state index contributed by atoms with van der Waals surface area (Å²) in [4.78, 5) is 4.11. The van der Waals surface area contributed by atoms with Crippen LogP contribution in [0.3, 0.4) is 0 Å². The summed E-state index contributed by atoms with van der Waals surface area (Å²) < 4.78 is 26.4. The molecule has 1 atom stereocenters. The largest absolute Gasteiger partial charge is 0.373 e. The van der Waals surface area contributed by atoms with Gasteiger partial charge < -0.3 is 5.32 Å². The van der Waals surface area contributed by atoms with E-state index in [1.54, 1.807) is 6.20 Å². The number of halogens is 3. The molecule has 0 spiro atoms. The number of nitrogens with zero attached hydrogens (tertiary/aromatic N) is 1. The van der Waals surface area contributed by atoms with Gasteiger partial charge in [0.15, 0.2) is 5.82 Å². The molecule has 0 amide bonds. The molecule has 0 saturated carbocycles. The van der Waals surface area contributed by atoms with Crippen LogP contribution < -0.4 is 5.32 Å². The molecule has 90 valence electrons. The van der Waals surface area contributed by atoms with Crippen LogP contribution in [0, 0.1) is 11.6 Å². The predicted molar refractivity (Wildman–Crippen MR) is 65.5 cm³/mol. The van der Waals surface area contributed by atoms with Gasteiger partial charge in [-0.3, -0.25) is 0 Å². The van der Waals surface area contributed by atoms with Crippen molar-refractivity contribution < 1.29 is 8.78 Å². The molecule has 0 saturated heterocycles. The molecule has 6 heteroatoms. The lowest BCUT2D eigenvalue weighted by molar-refractivity contribution is 0.584. The van der Waals surface area contributed by atoms with Gasteiger partial charge in [-0.15, -0.1) is 11.3 Å². The number of hydrogen-bond acceptors (Lipinski definition) is 3. The molecule has 2 rings (SSSR count). The zero-order valence-corrected chi connectivity index (χ0v) is 10.4. The van der Waals surface area contributed by atoms with Crippen molar-refractivity contribution in [3.63, 3.8) is 0 Å². The van der Waals surface area contributed by atoms with Crippen LogP contribution in [0.2, 0.25) is 5.02 Å².